The minimum absolute atomic E-state index is 0.0598. The highest BCUT2D eigenvalue weighted by Crippen LogP contribution is 2.37. The Balaban J connectivity index is 2.44. The van der Waals surface area contributed by atoms with Crippen molar-refractivity contribution in [2.24, 2.45) is 11.8 Å². The van der Waals surface area contributed by atoms with Gasteiger partial charge in [0.1, 0.15) is 0 Å². The second-order valence-corrected chi connectivity index (χ2v) is 12.3. The summed E-state index contributed by atoms with van der Waals surface area (Å²) in [6.07, 6.45) is 0.101. The van der Waals surface area contributed by atoms with Gasteiger partial charge in [-0.05, 0) is 24.6 Å². The molecule has 1 heterocycles. The van der Waals surface area contributed by atoms with Gasteiger partial charge in [0.25, 0.3) is 0 Å². The van der Waals surface area contributed by atoms with Crippen LogP contribution in [0.25, 0.3) is 0 Å². The number of amides is 1. The van der Waals surface area contributed by atoms with Crippen LogP contribution in [0.4, 0.5) is 0 Å². The van der Waals surface area contributed by atoms with Crippen LogP contribution in [-0.2, 0) is 18.8 Å². The molecule has 1 fully saturated rings. The summed E-state index contributed by atoms with van der Waals surface area (Å²) in [6.45, 7) is 15.0. The average molecular weight is 315 g/mol. The van der Waals surface area contributed by atoms with E-state index < -0.39 is 14.5 Å². The molecule has 1 amide bonds. The van der Waals surface area contributed by atoms with E-state index in [0.717, 1.165) is 0 Å². The van der Waals surface area contributed by atoms with Crippen LogP contribution in [0.5, 0.6) is 0 Å². The summed E-state index contributed by atoms with van der Waals surface area (Å²) in [5, 5.41) is 2.78. The molecule has 0 saturated carbocycles. The lowest BCUT2D eigenvalue weighted by Crippen LogP contribution is -2.60. The molecule has 2 atom stereocenters. The van der Waals surface area contributed by atoms with Gasteiger partial charge in [-0.3, -0.25) is 9.59 Å². The van der Waals surface area contributed by atoms with Crippen molar-refractivity contribution in [1.29, 1.82) is 0 Å². The van der Waals surface area contributed by atoms with E-state index in [2.05, 4.69) is 39.2 Å². The summed E-state index contributed by atoms with van der Waals surface area (Å²) >= 11 is 0. The van der Waals surface area contributed by atoms with Gasteiger partial charge in [-0.2, -0.15) is 0 Å². The summed E-state index contributed by atoms with van der Waals surface area (Å²) < 4.78 is 11.3. The molecule has 1 aliphatic heterocycles. The highest BCUT2D eigenvalue weighted by molar-refractivity contribution is 6.74. The number of β-lactam (4-membered cyclic amide) rings is 1. The predicted octanol–water partition coefficient (Wildman–Crippen LogP) is 2.67. The summed E-state index contributed by atoms with van der Waals surface area (Å²) in [6, 6.07) is 0. The van der Waals surface area contributed by atoms with E-state index in [4.69, 9.17) is 9.16 Å². The fraction of sp³-hybridized carbons (Fsp3) is 0.867. The molecule has 0 unspecified atom stereocenters. The number of nitrogens with one attached hydrogen (secondary N) is 1. The van der Waals surface area contributed by atoms with Crippen LogP contribution in [0.2, 0.25) is 18.1 Å². The van der Waals surface area contributed by atoms with Crippen LogP contribution in [0.15, 0.2) is 0 Å². The highest BCUT2D eigenvalue weighted by atomic mass is 28.4. The molecule has 122 valence electrons. The summed E-state index contributed by atoms with van der Waals surface area (Å²) in [7, 11) is -1.79. The number of hydrogen-bond donors (Lipinski definition) is 1. The zero-order valence-corrected chi connectivity index (χ0v) is 15.3. The Morgan fingerprint density at radius 2 is 1.90 bits per heavy atom. The molecule has 0 aromatic heterocycles. The average Bonchev–Trinajstić information content (AvgIpc) is 2.32. The van der Waals surface area contributed by atoms with E-state index in [1.54, 1.807) is 13.8 Å². The first-order valence-corrected chi connectivity index (χ1v) is 10.5. The Kier molecular flexibility index (Phi) is 5.61. The van der Waals surface area contributed by atoms with Crippen LogP contribution in [0.3, 0.4) is 0 Å². The van der Waals surface area contributed by atoms with Crippen molar-refractivity contribution in [3.05, 3.63) is 0 Å². The number of ether oxygens (including phenoxy) is 1. The number of esters is 1. The van der Waals surface area contributed by atoms with E-state index in [9.17, 15) is 9.59 Å². The molecule has 6 heteroatoms. The quantitative estimate of drug-likeness (QED) is 0.465. The van der Waals surface area contributed by atoms with E-state index in [1.165, 1.54) is 0 Å². The first kappa shape index (κ1) is 18.2. The molecule has 1 rings (SSSR count). The zero-order chi connectivity index (χ0) is 16.4. The molecule has 1 N–H and O–H groups in total. The van der Waals surface area contributed by atoms with Crippen molar-refractivity contribution in [1.82, 2.24) is 5.32 Å². The molecular formula is C15H29NO4Si. The first-order chi connectivity index (χ1) is 9.45. The normalized spacial score (nSPS) is 22.8. The van der Waals surface area contributed by atoms with Crippen molar-refractivity contribution in [3.63, 3.8) is 0 Å². The largest absolute Gasteiger partial charge is 0.441 e. The third kappa shape index (κ3) is 4.54. The Morgan fingerprint density at radius 3 is 2.33 bits per heavy atom. The van der Waals surface area contributed by atoms with Gasteiger partial charge >= 0.3 is 5.97 Å². The van der Waals surface area contributed by atoms with Crippen molar-refractivity contribution in [2.45, 2.75) is 65.4 Å². The smallest absolute Gasteiger partial charge is 0.310 e. The molecule has 1 aliphatic rings. The summed E-state index contributed by atoms with van der Waals surface area (Å²) in [5.74, 6) is -0.810. The predicted molar refractivity (Wildman–Crippen MR) is 84.1 cm³/mol. The molecule has 0 aromatic carbocycles. The van der Waals surface area contributed by atoms with Crippen molar-refractivity contribution >= 4 is 20.2 Å². The SMILES string of the molecule is CC(C)C(=O)O[C@H]1NC(=O)[C@@H]1CCO[Si](C)(C)C(C)(C)C. The second kappa shape index (κ2) is 6.48. The molecule has 1 saturated heterocycles. The topological polar surface area (TPSA) is 64.6 Å². The van der Waals surface area contributed by atoms with Gasteiger partial charge in [0.05, 0.1) is 11.8 Å². The lowest BCUT2D eigenvalue weighted by atomic mass is 9.95. The van der Waals surface area contributed by atoms with Crippen molar-refractivity contribution in [3.8, 4) is 0 Å². The molecule has 21 heavy (non-hydrogen) atoms. The Labute approximate surface area is 128 Å². The van der Waals surface area contributed by atoms with Crippen molar-refractivity contribution < 1.29 is 18.8 Å². The fourth-order valence-corrected chi connectivity index (χ4v) is 2.76. The highest BCUT2D eigenvalue weighted by Gasteiger charge is 2.43. The van der Waals surface area contributed by atoms with E-state index in [1.807, 2.05) is 0 Å². The maximum atomic E-state index is 11.6. The van der Waals surface area contributed by atoms with Gasteiger partial charge in [-0.15, -0.1) is 0 Å². The fourth-order valence-electron chi connectivity index (χ4n) is 1.70. The Morgan fingerprint density at radius 1 is 1.33 bits per heavy atom. The van der Waals surface area contributed by atoms with Gasteiger partial charge < -0.3 is 14.5 Å². The van der Waals surface area contributed by atoms with Gasteiger partial charge in [0, 0.05) is 6.61 Å². The van der Waals surface area contributed by atoms with Crippen molar-refractivity contribution in [2.75, 3.05) is 6.61 Å². The third-order valence-electron chi connectivity index (χ3n) is 4.40. The van der Waals surface area contributed by atoms with Gasteiger partial charge in [-0.25, -0.2) is 0 Å². The van der Waals surface area contributed by atoms with Gasteiger partial charge in [-0.1, -0.05) is 34.6 Å². The van der Waals surface area contributed by atoms with Crippen LogP contribution in [-0.4, -0.2) is 33.0 Å². The van der Waals surface area contributed by atoms with Gasteiger partial charge in [0.2, 0.25) is 5.91 Å². The minimum atomic E-state index is -1.79. The van der Waals surface area contributed by atoms with Crippen LogP contribution in [0.1, 0.15) is 41.0 Å². The van der Waals surface area contributed by atoms with E-state index >= 15 is 0 Å². The van der Waals surface area contributed by atoms with Crippen LogP contribution >= 0.6 is 0 Å². The Bertz CT molecular complexity index is 401. The number of carbonyl (C=O) groups excluding carboxylic acids is 2. The number of carbonyl (C=O) groups is 2. The standard InChI is InChI=1S/C15H29NO4Si/c1-10(2)14(18)20-13-11(12(17)16-13)8-9-19-21(6,7)15(3,4)5/h10-11,13H,8-9H2,1-7H3,(H,16,17)/t11-,13+/m0/s1. The van der Waals surface area contributed by atoms with Crippen LogP contribution in [0, 0.1) is 11.8 Å². The summed E-state index contributed by atoms with van der Waals surface area (Å²) in [5.41, 5.74) is 0. The molecular weight excluding hydrogens is 286 g/mol. The van der Waals surface area contributed by atoms with Gasteiger partial charge in [0.15, 0.2) is 14.5 Å². The molecule has 0 radical (unpaired) electrons. The Hall–Kier alpha value is -0.883. The maximum absolute atomic E-state index is 11.6. The molecule has 5 nitrogen and oxygen atoms in total. The third-order valence-corrected chi connectivity index (χ3v) is 8.94. The van der Waals surface area contributed by atoms with E-state index in [-0.39, 0.29) is 28.8 Å². The number of rotatable bonds is 6. The van der Waals surface area contributed by atoms with E-state index in [0.29, 0.717) is 13.0 Å². The summed E-state index contributed by atoms with van der Waals surface area (Å²) in [4.78, 5) is 23.2. The maximum Gasteiger partial charge on any atom is 0.310 e. The lowest BCUT2D eigenvalue weighted by molar-refractivity contribution is -0.172. The van der Waals surface area contributed by atoms with Crippen LogP contribution < -0.4 is 5.32 Å². The molecule has 0 aromatic rings. The first-order valence-electron chi connectivity index (χ1n) is 7.60. The molecule has 0 spiro atoms. The monoisotopic (exact) mass is 315 g/mol. The molecule has 0 aliphatic carbocycles. The molecule has 0 bridgehead atoms. The second-order valence-electron chi connectivity index (χ2n) is 7.52. The number of hydrogen-bond acceptors (Lipinski definition) is 4. The zero-order valence-electron chi connectivity index (χ0n) is 14.3. The minimum Gasteiger partial charge on any atom is -0.441 e. The lowest BCUT2D eigenvalue weighted by Gasteiger charge is -2.39.